The highest BCUT2D eigenvalue weighted by molar-refractivity contribution is 5.46. The molecule has 0 atom stereocenters. The molecule has 0 amide bonds. The van der Waals surface area contributed by atoms with Gasteiger partial charge in [0, 0.05) is 6.54 Å². The second-order valence-corrected chi connectivity index (χ2v) is 4.04. The minimum absolute atomic E-state index is 0.436. The molecule has 1 aromatic heterocycles. The van der Waals surface area contributed by atoms with Gasteiger partial charge in [0.25, 0.3) is 0 Å². The molecular formula is C11H12N4O2. The molecular weight excluding hydrogens is 220 g/mol. The zero-order valence-corrected chi connectivity index (χ0v) is 9.12. The Labute approximate surface area is 96.3 Å². The third-order valence-electron chi connectivity index (χ3n) is 3.04. The predicted molar refractivity (Wildman–Crippen MR) is 62.4 cm³/mol. The van der Waals surface area contributed by atoms with Crippen LogP contribution in [0.3, 0.4) is 0 Å². The number of hydrogen-bond donors (Lipinski definition) is 3. The van der Waals surface area contributed by atoms with Crippen LogP contribution in [-0.4, -0.2) is 21.3 Å². The van der Waals surface area contributed by atoms with Gasteiger partial charge in [0.05, 0.1) is 5.69 Å². The number of aromatic nitrogens is 3. The van der Waals surface area contributed by atoms with Crippen molar-refractivity contribution >= 4 is 0 Å². The third kappa shape index (κ3) is 1.53. The monoisotopic (exact) mass is 232 g/mol. The van der Waals surface area contributed by atoms with Gasteiger partial charge in [0.1, 0.15) is 0 Å². The summed E-state index contributed by atoms with van der Waals surface area (Å²) in [6.07, 6.45) is 0.917. The van der Waals surface area contributed by atoms with Crippen molar-refractivity contribution in [2.75, 3.05) is 6.54 Å². The Morgan fingerprint density at radius 2 is 1.88 bits per heavy atom. The quantitative estimate of drug-likeness (QED) is 0.620. The summed E-state index contributed by atoms with van der Waals surface area (Å²) in [7, 11) is 0. The number of aromatic amines is 2. The van der Waals surface area contributed by atoms with Gasteiger partial charge in [0.15, 0.2) is 0 Å². The molecule has 0 saturated carbocycles. The molecule has 0 bridgehead atoms. The van der Waals surface area contributed by atoms with E-state index >= 15 is 0 Å². The molecule has 88 valence electrons. The maximum atomic E-state index is 11.6. The molecule has 0 unspecified atom stereocenters. The summed E-state index contributed by atoms with van der Waals surface area (Å²) in [6, 6.07) is 5.69. The summed E-state index contributed by atoms with van der Waals surface area (Å²) in [6.45, 7) is 1.61. The van der Waals surface area contributed by atoms with Crippen LogP contribution in [0.5, 0.6) is 0 Å². The molecule has 17 heavy (non-hydrogen) atoms. The smallest absolute Gasteiger partial charge is 0.312 e. The first-order valence-corrected chi connectivity index (χ1v) is 5.49. The van der Waals surface area contributed by atoms with Gasteiger partial charge in [-0.05, 0) is 30.2 Å². The van der Waals surface area contributed by atoms with Crippen molar-refractivity contribution < 1.29 is 0 Å². The van der Waals surface area contributed by atoms with Gasteiger partial charge in [-0.25, -0.2) is 24.4 Å². The maximum absolute atomic E-state index is 11.6. The Balaban J connectivity index is 2.29. The van der Waals surface area contributed by atoms with Gasteiger partial charge in [-0.15, -0.1) is 0 Å². The summed E-state index contributed by atoms with van der Waals surface area (Å²) < 4.78 is 1.13. The Kier molecular flexibility index (Phi) is 2.22. The van der Waals surface area contributed by atoms with E-state index in [4.69, 9.17) is 0 Å². The zero-order chi connectivity index (χ0) is 11.8. The van der Waals surface area contributed by atoms with Crippen molar-refractivity contribution in [3.05, 3.63) is 50.3 Å². The lowest BCUT2D eigenvalue weighted by Gasteiger charge is -2.19. The number of H-pyrrole nitrogens is 2. The molecule has 0 saturated heterocycles. The van der Waals surface area contributed by atoms with Gasteiger partial charge in [-0.2, -0.15) is 0 Å². The Bertz CT molecular complexity index is 637. The SMILES string of the molecule is O=c1[nH][nH]c(=O)n1-c1cccc2c1CNCC2. The molecule has 0 radical (unpaired) electrons. The van der Waals surface area contributed by atoms with Gasteiger partial charge >= 0.3 is 11.4 Å². The highest BCUT2D eigenvalue weighted by Gasteiger charge is 2.16. The summed E-state index contributed by atoms with van der Waals surface area (Å²) in [5.41, 5.74) is 1.99. The van der Waals surface area contributed by atoms with Gasteiger partial charge in [-0.3, -0.25) is 0 Å². The molecule has 0 spiro atoms. The third-order valence-corrected chi connectivity index (χ3v) is 3.04. The van der Waals surface area contributed by atoms with Gasteiger partial charge in [0.2, 0.25) is 0 Å². The fraction of sp³-hybridized carbons (Fsp3) is 0.273. The van der Waals surface area contributed by atoms with E-state index in [1.807, 2.05) is 12.1 Å². The topological polar surface area (TPSA) is 82.7 Å². The van der Waals surface area contributed by atoms with Crippen LogP contribution in [0.2, 0.25) is 0 Å². The van der Waals surface area contributed by atoms with E-state index in [9.17, 15) is 9.59 Å². The lowest BCUT2D eigenvalue weighted by molar-refractivity contribution is 0.639. The maximum Gasteiger partial charge on any atom is 0.348 e. The van der Waals surface area contributed by atoms with E-state index in [2.05, 4.69) is 15.5 Å². The minimum Gasteiger partial charge on any atom is -0.312 e. The Morgan fingerprint density at radius 3 is 2.65 bits per heavy atom. The molecule has 1 aliphatic rings. The molecule has 1 aromatic carbocycles. The van der Waals surface area contributed by atoms with Crippen LogP contribution in [0.15, 0.2) is 27.8 Å². The zero-order valence-electron chi connectivity index (χ0n) is 9.12. The Morgan fingerprint density at radius 1 is 1.12 bits per heavy atom. The summed E-state index contributed by atoms with van der Waals surface area (Å²) >= 11 is 0. The molecule has 6 heteroatoms. The van der Waals surface area contributed by atoms with Crippen LogP contribution in [0, 0.1) is 0 Å². The van der Waals surface area contributed by atoms with Crippen molar-refractivity contribution in [1.29, 1.82) is 0 Å². The van der Waals surface area contributed by atoms with Crippen molar-refractivity contribution in [2.45, 2.75) is 13.0 Å². The van der Waals surface area contributed by atoms with E-state index in [1.54, 1.807) is 6.07 Å². The normalized spacial score (nSPS) is 14.6. The number of fused-ring (bicyclic) bond motifs is 1. The van der Waals surface area contributed by atoms with E-state index in [-0.39, 0.29) is 0 Å². The molecule has 2 heterocycles. The molecule has 3 rings (SSSR count). The van der Waals surface area contributed by atoms with Crippen molar-refractivity contribution in [3.63, 3.8) is 0 Å². The number of nitrogens with zero attached hydrogens (tertiary/aromatic N) is 1. The van der Waals surface area contributed by atoms with Crippen molar-refractivity contribution in [2.24, 2.45) is 0 Å². The van der Waals surface area contributed by atoms with E-state index in [0.717, 1.165) is 23.1 Å². The van der Waals surface area contributed by atoms with Crippen LogP contribution < -0.4 is 16.7 Å². The van der Waals surface area contributed by atoms with Crippen molar-refractivity contribution in [1.82, 2.24) is 20.1 Å². The average molecular weight is 232 g/mol. The highest BCUT2D eigenvalue weighted by Crippen LogP contribution is 2.19. The summed E-state index contributed by atoms with van der Waals surface area (Å²) in [5.74, 6) is 0. The lowest BCUT2D eigenvalue weighted by Crippen LogP contribution is -2.30. The van der Waals surface area contributed by atoms with Crippen LogP contribution >= 0.6 is 0 Å². The summed E-state index contributed by atoms with van der Waals surface area (Å²) in [5, 5.41) is 7.83. The van der Waals surface area contributed by atoms with Crippen molar-refractivity contribution in [3.8, 4) is 5.69 Å². The second kappa shape index (κ2) is 3.74. The molecule has 6 nitrogen and oxygen atoms in total. The standard InChI is InChI=1S/C11H12N4O2/c16-10-13-14-11(17)15(10)9-3-1-2-7-4-5-12-6-8(7)9/h1-3,12H,4-6H2,(H,13,16)(H,14,17). The first kappa shape index (κ1) is 10.1. The predicted octanol–water partition coefficient (Wildman–Crippen LogP) is -0.500. The Hall–Kier alpha value is -2.08. The number of nitrogens with one attached hydrogen (secondary N) is 3. The van der Waals surface area contributed by atoms with E-state index in [1.165, 1.54) is 5.56 Å². The first-order chi connectivity index (χ1) is 8.27. The highest BCUT2D eigenvalue weighted by atomic mass is 16.2. The lowest BCUT2D eigenvalue weighted by atomic mass is 9.99. The first-order valence-electron chi connectivity index (χ1n) is 5.49. The largest absolute Gasteiger partial charge is 0.348 e. The molecule has 0 fully saturated rings. The minimum atomic E-state index is -0.436. The molecule has 1 aliphatic heterocycles. The van der Waals surface area contributed by atoms with E-state index < -0.39 is 11.4 Å². The number of benzene rings is 1. The molecule has 0 aliphatic carbocycles. The fourth-order valence-electron chi connectivity index (χ4n) is 2.24. The molecule has 3 N–H and O–H groups in total. The van der Waals surface area contributed by atoms with Gasteiger partial charge < -0.3 is 5.32 Å². The van der Waals surface area contributed by atoms with Crippen LogP contribution in [-0.2, 0) is 13.0 Å². The molecule has 2 aromatic rings. The van der Waals surface area contributed by atoms with Crippen LogP contribution in [0.1, 0.15) is 11.1 Å². The fourth-order valence-corrected chi connectivity index (χ4v) is 2.24. The second-order valence-electron chi connectivity index (χ2n) is 4.04. The van der Waals surface area contributed by atoms with E-state index in [0.29, 0.717) is 12.2 Å². The number of rotatable bonds is 1. The number of hydrogen-bond acceptors (Lipinski definition) is 3. The van der Waals surface area contributed by atoms with Crippen LogP contribution in [0.25, 0.3) is 5.69 Å². The average Bonchev–Trinajstić information content (AvgIpc) is 2.69. The van der Waals surface area contributed by atoms with Gasteiger partial charge in [-0.1, -0.05) is 12.1 Å². The van der Waals surface area contributed by atoms with Crippen LogP contribution in [0.4, 0.5) is 0 Å². The summed E-state index contributed by atoms with van der Waals surface area (Å²) in [4.78, 5) is 23.2.